The highest BCUT2D eigenvalue weighted by molar-refractivity contribution is 6.28. The molecule has 0 unspecified atom stereocenters. The molecule has 0 saturated heterocycles. The van der Waals surface area contributed by atoms with Crippen LogP contribution >= 0.6 is 0 Å². The highest BCUT2D eigenvalue weighted by Gasteiger charge is 2.31. The maximum Gasteiger partial charge on any atom is 0.0972 e. The van der Waals surface area contributed by atoms with Gasteiger partial charge < -0.3 is 0 Å². The number of benzene rings is 9. The predicted octanol–water partition coefficient (Wildman–Crippen LogP) is 14.6. The maximum absolute atomic E-state index is 5.13. The molecule has 0 saturated carbocycles. The molecule has 1 aliphatic rings. The summed E-state index contributed by atoms with van der Waals surface area (Å²) in [5, 5.41) is 9.74. The number of hydrogen-bond acceptors (Lipinski definition) is 2. The van der Waals surface area contributed by atoms with Crippen molar-refractivity contribution in [3.05, 3.63) is 194 Å². The lowest BCUT2D eigenvalue weighted by atomic mass is 9.82. The van der Waals surface area contributed by atoms with Crippen LogP contribution in [0.25, 0.3) is 121 Å². The first-order valence-corrected chi connectivity index (χ1v) is 19.2. The zero-order chi connectivity index (χ0) is 36.7. The summed E-state index contributed by atoms with van der Waals surface area (Å²) in [7, 11) is 0. The van der Waals surface area contributed by atoms with Crippen LogP contribution in [0.2, 0.25) is 0 Å². The second kappa shape index (κ2) is 12.0. The highest BCUT2D eigenvalue weighted by Crippen LogP contribution is 2.58. The summed E-state index contributed by atoms with van der Waals surface area (Å²) in [6, 6.07) is 68.6. The summed E-state index contributed by atoms with van der Waals surface area (Å²) in [6.07, 6.45) is 1.84. The van der Waals surface area contributed by atoms with E-state index in [-0.39, 0.29) is 0 Å². The van der Waals surface area contributed by atoms with Crippen LogP contribution in [0, 0.1) is 0 Å². The normalized spacial score (nSPS) is 11.9. The third-order valence-corrected chi connectivity index (χ3v) is 11.8. The Balaban J connectivity index is 1.03. The minimum atomic E-state index is 0.935. The molecule has 1 aliphatic carbocycles. The summed E-state index contributed by atoms with van der Waals surface area (Å²) >= 11 is 0. The molecule has 9 aromatic carbocycles. The average molecular weight is 709 g/mol. The van der Waals surface area contributed by atoms with Gasteiger partial charge in [-0.15, -0.1) is 0 Å². The molecule has 0 bridgehead atoms. The number of nitrogens with zero attached hydrogens (tertiary/aromatic N) is 2. The fourth-order valence-electron chi connectivity index (χ4n) is 9.32. The number of aromatic nitrogens is 2. The fourth-order valence-corrected chi connectivity index (χ4v) is 9.32. The van der Waals surface area contributed by atoms with Gasteiger partial charge in [-0.25, -0.2) is 4.98 Å². The van der Waals surface area contributed by atoms with Gasteiger partial charge in [0.2, 0.25) is 0 Å². The smallest absolute Gasteiger partial charge is 0.0972 e. The first kappa shape index (κ1) is 31.0. The van der Waals surface area contributed by atoms with Gasteiger partial charge in [0.25, 0.3) is 0 Å². The lowest BCUT2D eigenvalue weighted by Gasteiger charge is -2.20. The first-order chi connectivity index (χ1) is 27.8. The van der Waals surface area contributed by atoms with Crippen molar-refractivity contribution in [1.29, 1.82) is 0 Å². The van der Waals surface area contributed by atoms with E-state index in [9.17, 15) is 0 Å². The van der Waals surface area contributed by atoms with Crippen LogP contribution in [0.5, 0.6) is 0 Å². The van der Waals surface area contributed by atoms with Crippen molar-refractivity contribution in [3.63, 3.8) is 0 Å². The molecule has 0 spiro atoms. The average Bonchev–Trinajstić information content (AvgIpc) is 3.60. The van der Waals surface area contributed by atoms with Crippen LogP contribution in [0.1, 0.15) is 0 Å². The van der Waals surface area contributed by atoms with Gasteiger partial charge in [-0.05, 0) is 112 Å². The van der Waals surface area contributed by atoms with Crippen molar-refractivity contribution in [1.82, 2.24) is 9.97 Å². The van der Waals surface area contributed by atoms with Crippen LogP contribution in [0.15, 0.2) is 194 Å². The summed E-state index contributed by atoms with van der Waals surface area (Å²) in [4.78, 5) is 9.79. The summed E-state index contributed by atoms with van der Waals surface area (Å²) in [6.45, 7) is 0. The molecule has 56 heavy (non-hydrogen) atoms. The van der Waals surface area contributed by atoms with Gasteiger partial charge in [0.15, 0.2) is 0 Å². The Morgan fingerprint density at radius 3 is 1.57 bits per heavy atom. The van der Waals surface area contributed by atoms with Crippen molar-refractivity contribution < 1.29 is 0 Å². The van der Waals surface area contributed by atoms with E-state index < -0.39 is 0 Å². The Bertz CT molecular complexity index is 3310. The molecular formula is C54H32N2. The van der Waals surface area contributed by atoms with Gasteiger partial charge in [0, 0.05) is 22.5 Å². The quantitative estimate of drug-likeness (QED) is 0.170. The standard InChI is InChI=1S/C54H32N2/c1-3-11-33(12-4-1)48-43-16-7-8-17-44(43)49(34-13-5-2-6-14-34)52-46-28-27-41(42-18-9-19-45(50(42)46)51(48)52)39-24-22-38-32-40(25-23-37(38)31-39)47-29-26-36-21-20-35-15-10-30-55-53(35)54(36)56-47/h1-32H. The summed E-state index contributed by atoms with van der Waals surface area (Å²) < 4.78 is 0. The largest absolute Gasteiger partial charge is 0.254 e. The lowest BCUT2D eigenvalue weighted by Crippen LogP contribution is -1.93. The first-order valence-electron chi connectivity index (χ1n) is 19.2. The van der Waals surface area contributed by atoms with Gasteiger partial charge in [0.05, 0.1) is 16.7 Å². The van der Waals surface area contributed by atoms with E-state index in [4.69, 9.17) is 4.98 Å². The van der Waals surface area contributed by atoms with Gasteiger partial charge in [-0.1, -0.05) is 164 Å². The monoisotopic (exact) mass is 708 g/mol. The SMILES string of the molecule is c1ccc(-c2c3c(c(-c4ccccc4)c4ccccc24)-c2ccc(-c4ccc5cc(-c6ccc7ccc8cccnc8c7n6)ccc5c4)c4cccc-3c24)cc1. The van der Waals surface area contributed by atoms with Gasteiger partial charge in [-0.2, -0.15) is 0 Å². The van der Waals surface area contributed by atoms with E-state index in [0.29, 0.717) is 0 Å². The van der Waals surface area contributed by atoms with E-state index in [1.807, 2.05) is 12.3 Å². The van der Waals surface area contributed by atoms with Crippen LogP contribution in [-0.4, -0.2) is 9.97 Å². The van der Waals surface area contributed by atoms with Crippen molar-refractivity contribution in [2.45, 2.75) is 0 Å². The van der Waals surface area contributed by atoms with E-state index in [2.05, 4.69) is 187 Å². The third-order valence-electron chi connectivity index (χ3n) is 11.8. The molecule has 0 N–H and O–H groups in total. The van der Waals surface area contributed by atoms with Crippen molar-refractivity contribution >= 4 is 54.1 Å². The minimum absolute atomic E-state index is 0.935. The highest BCUT2D eigenvalue weighted by atomic mass is 14.7. The Morgan fingerprint density at radius 2 is 0.857 bits per heavy atom. The van der Waals surface area contributed by atoms with Gasteiger partial charge >= 0.3 is 0 Å². The zero-order valence-corrected chi connectivity index (χ0v) is 30.4. The fraction of sp³-hybridized carbons (Fsp3) is 0. The summed E-state index contributed by atoms with van der Waals surface area (Å²) in [5.74, 6) is 0. The molecular weight excluding hydrogens is 677 g/mol. The molecule has 0 atom stereocenters. The molecule has 11 aromatic rings. The lowest BCUT2D eigenvalue weighted by molar-refractivity contribution is 1.37. The van der Waals surface area contributed by atoms with Gasteiger partial charge in [0.1, 0.15) is 0 Å². The van der Waals surface area contributed by atoms with E-state index >= 15 is 0 Å². The zero-order valence-electron chi connectivity index (χ0n) is 30.4. The van der Waals surface area contributed by atoms with Crippen molar-refractivity contribution in [2.24, 2.45) is 0 Å². The maximum atomic E-state index is 5.13. The third kappa shape index (κ3) is 4.57. The second-order valence-corrected chi connectivity index (χ2v) is 14.9. The van der Waals surface area contributed by atoms with Crippen molar-refractivity contribution in [2.75, 3.05) is 0 Å². The molecule has 0 amide bonds. The molecule has 0 fully saturated rings. The second-order valence-electron chi connectivity index (χ2n) is 14.9. The van der Waals surface area contributed by atoms with Crippen molar-refractivity contribution in [3.8, 4) is 66.9 Å². The number of rotatable bonds is 4. The topological polar surface area (TPSA) is 25.8 Å². The van der Waals surface area contributed by atoms with Crippen LogP contribution in [0.3, 0.4) is 0 Å². The molecule has 2 heterocycles. The van der Waals surface area contributed by atoms with Crippen LogP contribution in [-0.2, 0) is 0 Å². The number of pyridine rings is 2. The minimum Gasteiger partial charge on any atom is -0.254 e. The Morgan fingerprint density at radius 1 is 0.304 bits per heavy atom. The van der Waals surface area contributed by atoms with E-state index in [0.717, 1.165) is 33.1 Å². The Labute approximate surface area is 324 Å². The molecule has 0 radical (unpaired) electrons. The van der Waals surface area contributed by atoms with E-state index in [1.54, 1.807) is 0 Å². The molecule has 2 aromatic heterocycles. The molecule has 0 aliphatic heterocycles. The van der Waals surface area contributed by atoms with Crippen LogP contribution in [0.4, 0.5) is 0 Å². The van der Waals surface area contributed by atoms with Gasteiger partial charge in [-0.3, -0.25) is 4.98 Å². The number of hydrogen-bond donors (Lipinski definition) is 0. The Hall–Kier alpha value is -7.42. The molecule has 2 heteroatoms. The molecule has 2 nitrogen and oxygen atoms in total. The number of fused-ring (bicyclic) bond motifs is 8. The molecule has 258 valence electrons. The predicted molar refractivity (Wildman–Crippen MR) is 236 cm³/mol. The van der Waals surface area contributed by atoms with Crippen LogP contribution < -0.4 is 0 Å². The Kier molecular flexibility index (Phi) is 6.66. The summed E-state index contributed by atoms with van der Waals surface area (Å²) in [5.41, 5.74) is 16.7. The molecule has 12 rings (SSSR count). The van der Waals surface area contributed by atoms with E-state index in [1.165, 1.54) is 88.0 Å².